The molecule has 2 heterocycles. The topological polar surface area (TPSA) is 60.7 Å². The van der Waals surface area contributed by atoms with E-state index in [1.807, 2.05) is 36.7 Å². The molecule has 7 heteroatoms. The molecule has 0 aliphatic heterocycles. The van der Waals surface area contributed by atoms with Crippen molar-refractivity contribution in [1.29, 1.82) is 0 Å². The van der Waals surface area contributed by atoms with Crippen LogP contribution in [-0.4, -0.2) is 28.8 Å². The summed E-state index contributed by atoms with van der Waals surface area (Å²) in [5.41, 5.74) is 2.96. The summed E-state index contributed by atoms with van der Waals surface area (Å²) in [6, 6.07) is 7.73. The quantitative estimate of drug-likeness (QED) is 0.750. The van der Waals surface area contributed by atoms with Crippen molar-refractivity contribution in [2.45, 2.75) is 13.1 Å². The molecule has 122 valence electrons. The van der Waals surface area contributed by atoms with Gasteiger partial charge in [-0.15, -0.1) is 12.4 Å². The van der Waals surface area contributed by atoms with Crippen molar-refractivity contribution in [3.05, 3.63) is 54.0 Å². The summed E-state index contributed by atoms with van der Waals surface area (Å²) in [6.45, 7) is 1.38. The minimum Gasteiger partial charge on any atom is -0.493 e. The molecule has 0 spiro atoms. The molecule has 6 nitrogen and oxygen atoms in total. The molecule has 0 atom stereocenters. The lowest BCUT2D eigenvalue weighted by Gasteiger charge is -2.13. The summed E-state index contributed by atoms with van der Waals surface area (Å²) in [5.74, 6) is 1.50. The second-order valence-electron chi connectivity index (χ2n) is 4.85. The first-order valence-corrected chi connectivity index (χ1v) is 7.00. The number of nitrogens with zero attached hydrogens (tertiary/aromatic N) is 3. The van der Waals surface area contributed by atoms with E-state index in [1.165, 1.54) is 0 Å². The van der Waals surface area contributed by atoms with Gasteiger partial charge in [-0.3, -0.25) is 0 Å². The highest BCUT2D eigenvalue weighted by Crippen LogP contribution is 2.30. The van der Waals surface area contributed by atoms with Gasteiger partial charge in [0, 0.05) is 42.7 Å². The van der Waals surface area contributed by atoms with Crippen molar-refractivity contribution in [1.82, 2.24) is 19.9 Å². The highest BCUT2D eigenvalue weighted by molar-refractivity contribution is 5.85. The van der Waals surface area contributed by atoms with E-state index < -0.39 is 0 Å². The van der Waals surface area contributed by atoms with Crippen LogP contribution >= 0.6 is 12.4 Å². The minimum atomic E-state index is 0. The third kappa shape index (κ3) is 3.72. The third-order valence-electron chi connectivity index (χ3n) is 3.43. The molecule has 0 aliphatic carbocycles. The Morgan fingerprint density at radius 1 is 1.13 bits per heavy atom. The van der Waals surface area contributed by atoms with E-state index in [0.717, 1.165) is 28.3 Å². The summed E-state index contributed by atoms with van der Waals surface area (Å²) in [5, 5.41) is 7.57. The van der Waals surface area contributed by atoms with E-state index in [2.05, 4.69) is 15.4 Å². The Morgan fingerprint density at radius 2 is 2.00 bits per heavy atom. The second kappa shape index (κ2) is 7.80. The zero-order chi connectivity index (χ0) is 15.4. The second-order valence-corrected chi connectivity index (χ2v) is 4.85. The highest BCUT2D eigenvalue weighted by atomic mass is 35.5. The Bertz CT molecular complexity index is 776. The summed E-state index contributed by atoms with van der Waals surface area (Å²) in [6.07, 6.45) is 5.56. The number of nitrogens with one attached hydrogen (secondary N) is 1. The Kier molecular flexibility index (Phi) is 5.78. The largest absolute Gasteiger partial charge is 0.493 e. The predicted molar refractivity (Wildman–Crippen MR) is 90.3 cm³/mol. The molecule has 3 aromatic rings. The number of ether oxygens (including phenoxy) is 2. The van der Waals surface area contributed by atoms with Gasteiger partial charge in [0.2, 0.25) is 0 Å². The number of hydrogen-bond donors (Lipinski definition) is 1. The monoisotopic (exact) mass is 334 g/mol. The first-order valence-electron chi connectivity index (χ1n) is 7.00. The number of halogens is 1. The van der Waals surface area contributed by atoms with Gasteiger partial charge < -0.3 is 14.8 Å². The lowest BCUT2D eigenvalue weighted by Crippen LogP contribution is -2.14. The fourth-order valence-electron chi connectivity index (χ4n) is 2.37. The van der Waals surface area contributed by atoms with Gasteiger partial charge in [-0.25, -0.2) is 9.50 Å². The van der Waals surface area contributed by atoms with Crippen LogP contribution in [0.2, 0.25) is 0 Å². The molecule has 0 aliphatic rings. The normalized spacial score (nSPS) is 10.3. The molecule has 1 aromatic carbocycles. The van der Waals surface area contributed by atoms with Gasteiger partial charge >= 0.3 is 0 Å². The average molecular weight is 335 g/mol. The SMILES string of the molecule is COc1cccc(CNCc2cnc3ccnn3c2)c1OC.Cl. The van der Waals surface area contributed by atoms with E-state index in [4.69, 9.17) is 9.47 Å². The fraction of sp³-hybridized carbons (Fsp3) is 0.250. The van der Waals surface area contributed by atoms with E-state index in [-0.39, 0.29) is 12.4 Å². The maximum Gasteiger partial charge on any atom is 0.165 e. The molecule has 1 N–H and O–H groups in total. The molecule has 23 heavy (non-hydrogen) atoms. The van der Waals surface area contributed by atoms with Gasteiger partial charge in [-0.2, -0.15) is 5.10 Å². The minimum absolute atomic E-state index is 0. The highest BCUT2D eigenvalue weighted by Gasteiger charge is 2.08. The van der Waals surface area contributed by atoms with Crippen LogP contribution in [-0.2, 0) is 13.1 Å². The molecule has 2 aromatic heterocycles. The molecule has 0 saturated carbocycles. The van der Waals surface area contributed by atoms with Crippen molar-refractivity contribution in [3.63, 3.8) is 0 Å². The molecule has 0 unspecified atom stereocenters. The van der Waals surface area contributed by atoms with Crippen LogP contribution in [0.25, 0.3) is 5.65 Å². The van der Waals surface area contributed by atoms with Crippen LogP contribution in [0.4, 0.5) is 0 Å². The Hall–Kier alpha value is -2.31. The predicted octanol–water partition coefficient (Wildman–Crippen LogP) is 2.46. The van der Waals surface area contributed by atoms with Gasteiger partial charge in [0.05, 0.1) is 20.4 Å². The maximum absolute atomic E-state index is 5.43. The van der Waals surface area contributed by atoms with Crippen LogP contribution in [0.5, 0.6) is 11.5 Å². The van der Waals surface area contributed by atoms with Crippen molar-refractivity contribution in [2.75, 3.05) is 14.2 Å². The number of rotatable bonds is 6. The molecular weight excluding hydrogens is 316 g/mol. The lowest BCUT2D eigenvalue weighted by molar-refractivity contribution is 0.350. The number of benzene rings is 1. The van der Waals surface area contributed by atoms with Crippen molar-refractivity contribution in [2.24, 2.45) is 0 Å². The fourth-order valence-corrected chi connectivity index (χ4v) is 2.37. The number of methoxy groups -OCH3 is 2. The summed E-state index contributed by atoms with van der Waals surface area (Å²) in [7, 11) is 3.29. The van der Waals surface area contributed by atoms with Crippen LogP contribution in [0, 0.1) is 0 Å². The summed E-state index contributed by atoms with van der Waals surface area (Å²) in [4.78, 5) is 4.34. The van der Waals surface area contributed by atoms with Crippen LogP contribution < -0.4 is 14.8 Å². The van der Waals surface area contributed by atoms with Gasteiger partial charge in [0.25, 0.3) is 0 Å². The Morgan fingerprint density at radius 3 is 2.78 bits per heavy atom. The first kappa shape index (κ1) is 17.1. The Labute approximate surface area is 140 Å². The number of aromatic nitrogens is 3. The molecule has 0 saturated heterocycles. The van der Waals surface area contributed by atoms with E-state index in [9.17, 15) is 0 Å². The number of para-hydroxylation sites is 1. The zero-order valence-electron chi connectivity index (χ0n) is 13.0. The maximum atomic E-state index is 5.43. The van der Waals surface area contributed by atoms with Crippen molar-refractivity contribution < 1.29 is 9.47 Å². The summed E-state index contributed by atoms with van der Waals surface area (Å²) >= 11 is 0. The van der Waals surface area contributed by atoms with E-state index in [1.54, 1.807) is 24.9 Å². The van der Waals surface area contributed by atoms with Gasteiger partial charge in [-0.1, -0.05) is 12.1 Å². The molecule has 0 bridgehead atoms. The molecular formula is C16H19ClN4O2. The van der Waals surface area contributed by atoms with E-state index in [0.29, 0.717) is 13.1 Å². The van der Waals surface area contributed by atoms with Gasteiger partial charge in [0.1, 0.15) is 0 Å². The first-order chi connectivity index (χ1) is 10.8. The average Bonchev–Trinajstić information content (AvgIpc) is 3.02. The zero-order valence-corrected chi connectivity index (χ0v) is 13.8. The molecule has 0 radical (unpaired) electrons. The van der Waals surface area contributed by atoms with Gasteiger partial charge in [-0.05, 0) is 6.07 Å². The third-order valence-corrected chi connectivity index (χ3v) is 3.43. The van der Waals surface area contributed by atoms with Crippen LogP contribution in [0.3, 0.4) is 0 Å². The Balaban J connectivity index is 0.00000192. The number of hydrogen-bond acceptors (Lipinski definition) is 5. The van der Waals surface area contributed by atoms with Crippen LogP contribution in [0.15, 0.2) is 42.9 Å². The molecule has 0 fully saturated rings. The molecule has 3 rings (SSSR count). The van der Waals surface area contributed by atoms with Crippen molar-refractivity contribution in [3.8, 4) is 11.5 Å². The van der Waals surface area contributed by atoms with E-state index >= 15 is 0 Å². The van der Waals surface area contributed by atoms with Crippen LogP contribution in [0.1, 0.15) is 11.1 Å². The lowest BCUT2D eigenvalue weighted by atomic mass is 10.2. The van der Waals surface area contributed by atoms with Gasteiger partial charge in [0.15, 0.2) is 17.1 Å². The standard InChI is InChI=1S/C16H18N4O2.ClH/c1-21-14-5-3-4-13(16(14)22-2)10-17-8-12-9-18-15-6-7-19-20(15)11-12;/h3-7,9,11,17H,8,10H2,1-2H3;1H. The smallest absolute Gasteiger partial charge is 0.165 e. The van der Waals surface area contributed by atoms with Crippen molar-refractivity contribution >= 4 is 18.1 Å². The number of fused-ring (bicyclic) bond motifs is 1. The molecule has 0 amide bonds. The summed E-state index contributed by atoms with van der Waals surface area (Å²) < 4.78 is 12.5.